The first kappa shape index (κ1) is 15.9. The number of carboxylic acids is 1. The van der Waals surface area contributed by atoms with E-state index in [-0.39, 0.29) is 0 Å². The highest BCUT2D eigenvalue weighted by molar-refractivity contribution is 7.19. The van der Waals surface area contributed by atoms with E-state index in [1.165, 1.54) is 16.9 Å². The summed E-state index contributed by atoms with van der Waals surface area (Å²) in [7, 11) is 0. The van der Waals surface area contributed by atoms with Crippen molar-refractivity contribution in [2.45, 2.75) is 38.6 Å². The Kier molecular flexibility index (Phi) is 4.04. The number of anilines is 1. The van der Waals surface area contributed by atoms with E-state index in [9.17, 15) is 9.90 Å². The standard InChI is InChI=1S/C17H17N5O2S/c1-9(17(23)24)20-15-13-10-4-2-3-5-12(10)25-16(13)22-14(21-15)11-8-18-6-7-19-11/h6-9H,2-5H2,1H3,(H,23,24)(H,20,21,22). The Morgan fingerprint density at radius 3 is 2.88 bits per heavy atom. The van der Waals surface area contributed by atoms with Gasteiger partial charge in [-0.05, 0) is 38.2 Å². The molecule has 0 spiro atoms. The van der Waals surface area contributed by atoms with Gasteiger partial charge in [-0.2, -0.15) is 0 Å². The quantitative estimate of drug-likeness (QED) is 0.742. The number of nitrogens with zero attached hydrogens (tertiary/aromatic N) is 4. The SMILES string of the molecule is CC(Nc1nc(-c2cnccn2)nc2sc3c(c12)CCCC3)C(=O)O. The van der Waals surface area contributed by atoms with E-state index in [4.69, 9.17) is 0 Å². The van der Waals surface area contributed by atoms with Crippen LogP contribution in [0.25, 0.3) is 21.7 Å². The van der Waals surface area contributed by atoms with Crippen molar-refractivity contribution in [2.75, 3.05) is 5.32 Å². The maximum absolute atomic E-state index is 11.3. The van der Waals surface area contributed by atoms with E-state index in [2.05, 4.69) is 25.3 Å². The molecule has 7 nitrogen and oxygen atoms in total. The fourth-order valence-corrected chi connectivity index (χ4v) is 4.32. The molecule has 1 aliphatic rings. The molecule has 0 amide bonds. The van der Waals surface area contributed by atoms with Gasteiger partial charge in [0.2, 0.25) is 0 Å². The minimum absolute atomic E-state index is 0.458. The van der Waals surface area contributed by atoms with Gasteiger partial charge in [0.1, 0.15) is 22.4 Å². The minimum atomic E-state index is -0.920. The molecule has 128 valence electrons. The number of hydrogen-bond donors (Lipinski definition) is 2. The van der Waals surface area contributed by atoms with Crippen molar-refractivity contribution in [1.29, 1.82) is 0 Å². The number of nitrogens with one attached hydrogen (secondary N) is 1. The topological polar surface area (TPSA) is 101 Å². The third kappa shape index (κ3) is 2.93. The van der Waals surface area contributed by atoms with E-state index in [0.29, 0.717) is 17.3 Å². The molecule has 1 aliphatic carbocycles. The van der Waals surface area contributed by atoms with Crippen molar-refractivity contribution in [3.05, 3.63) is 29.0 Å². The highest BCUT2D eigenvalue weighted by Gasteiger charge is 2.23. The van der Waals surface area contributed by atoms with Gasteiger partial charge in [0, 0.05) is 17.3 Å². The van der Waals surface area contributed by atoms with Crippen molar-refractivity contribution < 1.29 is 9.90 Å². The average Bonchev–Trinajstić information content (AvgIpc) is 3.01. The van der Waals surface area contributed by atoms with Gasteiger partial charge in [0.15, 0.2) is 5.82 Å². The van der Waals surface area contributed by atoms with Crippen molar-refractivity contribution >= 4 is 33.3 Å². The molecule has 1 atom stereocenters. The molecule has 1 unspecified atom stereocenters. The average molecular weight is 355 g/mol. The van der Waals surface area contributed by atoms with E-state index in [1.54, 1.807) is 36.9 Å². The highest BCUT2D eigenvalue weighted by Crippen LogP contribution is 2.39. The number of carbonyl (C=O) groups is 1. The molecule has 25 heavy (non-hydrogen) atoms. The molecule has 0 radical (unpaired) electrons. The molecule has 3 aromatic rings. The second-order valence-electron chi connectivity index (χ2n) is 6.08. The number of aliphatic carboxylic acids is 1. The molecular formula is C17H17N5O2S. The van der Waals surface area contributed by atoms with Gasteiger partial charge in [-0.25, -0.2) is 15.0 Å². The monoisotopic (exact) mass is 355 g/mol. The Morgan fingerprint density at radius 1 is 1.28 bits per heavy atom. The zero-order chi connectivity index (χ0) is 17.4. The van der Waals surface area contributed by atoms with E-state index < -0.39 is 12.0 Å². The lowest BCUT2D eigenvalue weighted by Gasteiger charge is -2.15. The molecule has 0 saturated carbocycles. The van der Waals surface area contributed by atoms with Crippen LogP contribution in [0.5, 0.6) is 0 Å². The van der Waals surface area contributed by atoms with Gasteiger partial charge in [-0.15, -0.1) is 11.3 Å². The number of fused-ring (bicyclic) bond motifs is 3. The first-order valence-electron chi connectivity index (χ1n) is 8.21. The van der Waals surface area contributed by atoms with Crippen LogP contribution in [0.1, 0.15) is 30.2 Å². The lowest BCUT2D eigenvalue weighted by Crippen LogP contribution is -2.26. The summed E-state index contributed by atoms with van der Waals surface area (Å²) in [5.74, 6) is 0.108. The van der Waals surface area contributed by atoms with Crippen LogP contribution < -0.4 is 5.32 Å². The third-order valence-corrected chi connectivity index (χ3v) is 5.52. The highest BCUT2D eigenvalue weighted by atomic mass is 32.1. The van der Waals surface area contributed by atoms with E-state index in [1.807, 2.05) is 0 Å². The number of rotatable bonds is 4. The number of aromatic nitrogens is 4. The largest absolute Gasteiger partial charge is 0.480 e. The molecule has 2 N–H and O–H groups in total. The number of thiophene rings is 1. The normalized spacial score (nSPS) is 14.9. The molecule has 3 heterocycles. The first-order chi connectivity index (χ1) is 12.1. The summed E-state index contributed by atoms with van der Waals surface area (Å²) in [6.45, 7) is 1.61. The van der Waals surface area contributed by atoms with Crippen molar-refractivity contribution in [3.63, 3.8) is 0 Å². The van der Waals surface area contributed by atoms with Gasteiger partial charge >= 0.3 is 5.97 Å². The smallest absolute Gasteiger partial charge is 0.325 e. The van der Waals surface area contributed by atoms with Crippen LogP contribution in [0.3, 0.4) is 0 Å². The maximum Gasteiger partial charge on any atom is 0.325 e. The van der Waals surface area contributed by atoms with Gasteiger partial charge in [-0.1, -0.05) is 0 Å². The van der Waals surface area contributed by atoms with E-state index in [0.717, 1.165) is 29.5 Å². The fourth-order valence-electron chi connectivity index (χ4n) is 3.06. The van der Waals surface area contributed by atoms with Gasteiger partial charge in [0.25, 0.3) is 0 Å². The Balaban J connectivity index is 1.91. The summed E-state index contributed by atoms with van der Waals surface area (Å²) in [6.07, 6.45) is 9.15. The second-order valence-corrected chi connectivity index (χ2v) is 7.17. The number of hydrogen-bond acceptors (Lipinski definition) is 7. The summed E-state index contributed by atoms with van der Waals surface area (Å²) < 4.78 is 0. The summed E-state index contributed by atoms with van der Waals surface area (Å²) in [6, 6.07) is -0.744. The zero-order valence-electron chi connectivity index (χ0n) is 13.7. The Bertz CT molecular complexity index is 941. The molecule has 0 fully saturated rings. The molecule has 3 aromatic heterocycles. The van der Waals surface area contributed by atoms with Crippen LogP contribution in [0, 0.1) is 0 Å². The predicted molar refractivity (Wildman–Crippen MR) is 95.8 cm³/mol. The molecule has 0 saturated heterocycles. The molecule has 0 aliphatic heterocycles. The Hall–Kier alpha value is -2.61. The Labute approximate surface area is 148 Å². The summed E-state index contributed by atoms with van der Waals surface area (Å²) in [5, 5.41) is 13.3. The number of carboxylic acid groups (broad SMARTS) is 1. The van der Waals surface area contributed by atoms with Crippen LogP contribution in [-0.4, -0.2) is 37.1 Å². The van der Waals surface area contributed by atoms with Crippen LogP contribution >= 0.6 is 11.3 Å². The van der Waals surface area contributed by atoms with Crippen LogP contribution in [-0.2, 0) is 17.6 Å². The summed E-state index contributed by atoms with van der Waals surface area (Å²) in [4.78, 5) is 31.1. The molecule has 0 aromatic carbocycles. The molecule has 0 bridgehead atoms. The molecular weight excluding hydrogens is 338 g/mol. The van der Waals surface area contributed by atoms with Crippen molar-refractivity contribution in [2.24, 2.45) is 0 Å². The molecule has 8 heteroatoms. The van der Waals surface area contributed by atoms with E-state index >= 15 is 0 Å². The fraction of sp³-hybridized carbons (Fsp3) is 0.353. The van der Waals surface area contributed by atoms with Gasteiger partial charge in [0.05, 0.1) is 11.6 Å². The van der Waals surface area contributed by atoms with Crippen LogP contribution in [0.2, 0.25) is 0 Å². The van der Waals surface area contributed by atoms with Crippen molar-refractivity contribution in [1.82, 2.24) is 19.9 Å². The Morgan fingerprint density at radius 2 is 2.12 bits per heavy atom. The number of aryl methyl sites for hydroxylation is 2. The zero-order valence-corrected chi connectivity index (χ0v) is 14.5. The predicted octanol–water partition coefficient (Wildman–Crippen LogP) is 2.91. The van der Waals surface area contributed by atoms with Crippen molar-refractivity contribution in [3.8, 4) is 11.5 Å². The van der Waals surface area contributed by atoms with Gasteiger partial charge < -0.3 is 10.4 Å². The molecule has 4 rings (SSSR count). The summed E-state index contributed by atoms with van der Waals surface area (Å²) in [5.41, 5.74) is 1.83. The first-order valence-corrected chi connectivity index (χ1v) is 9.03. The minimum Gasteiger partial charge on any atom is -0.480 e. The summed E-state index contributed by atoms with van der Waals surface area (Å²) >= 11 is 1.67. The lowest BCUT2D eigenvalue weighted by atomic mass is 9.97. The lowest BCUT2D eigenvalue weighted by molar-refractivity contribution is -0.137. The third-order valence-electron chi connectivity index (χ3n) is 4.33. The maximum atomic E-state index is 11.3. The van der Waals surface area contributed by atoms with Crippen LogP contribution in [0.15, 0.2) is 18.6 Å². The van der Waals surface area contributed by atoms with Crippen LogP contribution in [0.4, 0.5) is 5.82 Å². The second kappa shape index (κ2) is 6.36. The van der Waals surface area contributed by atoms with Gasteiger partial charge in [-0.3, -0.25) is 9.78 Å².